The molecule has 5 rings (SSSR count). The van der Waals surface area contributed by atoms with Gasteiger partial charge in [-0.2, -0.15) is 0 Å². The lowest BCUT2D eigenvalue weighted by molar-refractivity contribution is -0.222. The molecule has 4 aromatic rings. The van der Waals surface area contributed by atoms with Crippen molar-refractivity contribution in [3.05, 3.63) is 125 Å². The number of esters is 2. The summed E-state index contributed by atoms with van der Waals surface area (Å²) in [4.78, 5) is 34.4. The van der Waals surface area contributed by atoms with Crippen LogP contribution in [0.4, 0.5) is 0 Å². The smallest absolute Gasteiger partial charge is 0.348 e. The third kappa shape index (κ3) is 9.72. The van der Waals surface area contributed by atoms with E-state index in [0.717, 1.165) is 34.7 Å². The Balaban J connectivity index is 0.000000222. The van der Waals surface area contributed by atoms with E-state index in [9.17, 15) is 14.4 Å². The zero-order chi connectivity index (χ0) is 32.2. The predicted octanol–water partition coefficient (Wildman–Crippen LogP) is 6.58. The fraction of sp³-hybridized carbons (Fsp3) is 0.194. The van der Waals surface area contributed by atoms with Gasteiger partial charge in [0.2, 0.25) is 0 Å². The van der Waals surface area contributed by atoms with E-state index in [0.29, 0.717) is 30.1 Å². The van der Waals surface area contributed by atoms with Crippen LogP contribution in [-0.4, -0.2) is 38.2 Å². The molecule has 232 valence electrons. The monoisotopic (exact) mass is 610 g/mol. The van der Waals surface area contributed by atoms with Gasteiger partial charge in [0.1, 0.15) is 48.1 Å². The van der Waals surface area contributed by atoms with E-state index in [1.165, 1.54) is 19.9 Å². The summed E-state index contributed by atoms with van der Waals surface area (Å²) in [6, 6.07) is 29.4. The summed E-state index contributed by atoms with van der Waals surface area (Å²) in [5.74, 6) is 0.393. The van der Waals surface area contributed by atoms with Gasteiger partial charge in [0, 0.05) is 19.4 Å². The van der Waals surface area contributed by atoms with Gasteiger partial charge in [0.25, 0.3) is 5.79 Å². The number of hydrogen-bond donors (Lipinski definition) is 0. The fourth-order valence-corrected chi connectivity index (χ4v) is 4.02. The first-order valence-corrected chi connectivity index (χ1v) is 14.0. The van der Waals surface area contributed by atoms with Gasteiger partial charge in [-0.1, -0.05) is 36.4 Å². The molecule has 0 aliphatic carbocycles. The number of ether oxygens (including phenoxy) is 6. The highest BCUT2D eigenvalue weighted by Gasteiger charge is 2.38. The van der Waals surface area contributed by atoms with Crippen LogP contribution in [0.1, 0.15) is 40.9 Å². The number of aldehydes is 1. The summed E-state index contributed by atoms with van der Waals surface area (Å²) in [6.07, 6.45) is 2.25. The highest BCUT2D eigenvalue weighted by Crippen LogP contribution is 2.25. The molecule has 1 heterocycles. The number of cyclic esters (lactones) is 2. The van der Waals surface area contributed by atoms with Crippen LogP contribution < -0.4 is 18.9 Å². The third-order valence-corrected chi connectivity index (χ3v) is 6.45. The van der Waals surface area contributed by atoms with E-state index in [2.05, 4.69) is 0 Å². The largest absolute Gasteiger partial charge is 0.497 e. The van der Waals surface area contributed by atoms with Crippen LogP contribution in [0.15, 0.2) is 103 Å². The van der Waals surface area contributed by atoms with Crippen LogP contribution in [0.2, 0.25) is 0 Å². The molecule has 1 saturated heterocycles. The molecule has 0 saturated carbocycles. The van der Waals surface area contributed by atoms with Gasteiger partial charge in [-0.05, 0) is 83.4 Å². The van der Waals surface area contributed by atoms with Crippen molar-refractivity contribution in [2.24, 2.45) is 0 Å². The number of benzene rings is 4. The van der Waals surface area contributed by atoms with Crippen molar-refractivity contribution >= 4 is 24.3 Å². The Labute approximate surface area is 261 Å². The van der Waals surface area contributed by atoms with Crippen molar-refractivity contribution in [3.8, 4) is 23.0 Å². The van der Waals surface area contributed by atoms with Gasteiger partial charge in [-0.15, -0.1) is 0 Å². The summed E-state index contributed by atoms with van der Waals surface area (Å²) < 4.78 is 31.7. The molecule has 9 nitrogen and oxygen atoms in total. The van der Waals surface area contributed by atoms with Crippen LogP contribution in [0.25, 0.3) is 6.08 Å². The highest BCUT2D eigenvalue weighted by molar-refractivity contribution is 6.18. The summed E-state index contributed by atoms with van der Waals surface area (Å²) in [6.45, 7) is 3.92. The number of methoxy groups -OCH3 is 2. The molecule has 0 atom stereocenters. The maximum atomic E-state index is 12.0. The van der Waals surface area contributed by atoms with Gasteiger partial charge in [0.05, 0.1) is 14.2 Å². The van der Waals surface area contributed by atoms with E-state index < -0.39 is 17.7 Å². The molecule has 45 heavy (non-hydrogen) atoms. The lowest BCUT2D eigenvalue weighted by Crippen LogP contribution is -2.41. The fourth-order valence-electron chi connectivity index (χ4n) is 4.02. The van der Waals surface area contributed by atoms with Gasteiger partial charge < -0.3 is 28.4 Å². The molecule has 0 N–H and O–H groups in total. The molecule has 0 amide bonds. The van der Waals surface area contributed by atoms with Crippen molar-refractivity contribution < 1.29 is 42.8 Å². The first kappa shape index (κ1) is 32.3. The summed E-state index contributed by atoms with van der Waals surface area (Å²) in [7, 11) is 3.26. The van der Waals surface area contributed by atoms with Crippen LogP contribution in [0.3, 0.4) is 0 Å². The van der Waals surface area contributed by atoms with E-state index in [4.69, 9.17) is 28.4 Å². The van der Waals surface area contributed by atoms with Gasteiger partial charge in [-0.3, -0.25) is 4.79 Å². The lowest BCUT2D eigenvalue weighted by atomic mass is 10.1. The Hall–Kier alpha value is -5.57. The minimum atomic E-state index is -1.25. The lowest BCUT2D eigenvalue weighted by Gasteiger charge is -2.29. The van der Waals surface area contributed by atoms with E-state index in [1.807, 2.05) is 48.5 Å². The van der Waals surface area contributed by atoms with Crippen LogP contribution >= 0.6 is 0 Å². The molecule has 9 heteroatoms. The predicted molar refractivity (Wildman–Crippen MR) is 167 cm³/mol. The molecule has 0 radical (unpaired) electrons. The molecule has 0 spiro atoms. The number of carbonyl (C=O) groups excluding carboxylic acids is 3. The van der Waals surface area contributed by atoms with Gasteiger partial charge in [0.15, 0.2) is 0 Å². The minimum Gasteiger partial charge on any atom is -0.497 e. The number of hydrogen-bond acceptors (Lipinski definition) is 9. The topological polar surface area (TPSA) is 107 Å². The molecule has 1 fully saturated rings. The van der Waals surface area contributed by atoms with E-state index >= 15 is 0 Å². The molecule has 0 bridgehead atoms. The quantitative estimate of drug-likeness (QED) is 0.0852. The van der Waals surface area contributed by atoms with Crippen LogP contribution in [-0.2, 0) is 32.3 Å². The van der Waals surface area contributed by atoms with Crippen LogP contribution in [0.5, 0.6) is 23.0 Å². The molecule has 1 aliphatic rings. The average Bonchev–Trinajstić information content (AvgIpc) is 3.05. The molecule has 4 aromatic carbocycles. The van der Waals surface area contributed by atoms with Crippen molar-refractivity contribution in [3.63, 3.8) is 0 Å². The Bertz CT molecular complexity index is 1580. The zero-order valence-electron chi connectivity index (χ0n) is 25.5. The first-order valence-electron chi connectivity index (χ1n) is 14.0. The molecular weight excluding hydrogens is 576 g/mol. The molecule has 1 aliphatic heterocycles. The summed E-state index contributed by atoms with van der Waals surface area (Å²) in [5, 5.41) is 0. The Morgan fingerprint density at radius 3 is 1.33 bits per heavy atom. The average molecular weight is 611 g/mol. The third-order valence-electron chi connectivity index (χ3n) is 6.45. The maximum absolute atomic E-state index is 12.0. The van der Waals surface area contributed by atoms with E-state index in [-0.39, 0.29) is 5.57 Å². The number of rotatable bonds is 10. The molecule has 0 unspecified atom stereocenters. The Kier molecular flexibility index (Phi) is 11.0. The maximum Gasteiger partial charge on any atom is 0.348 e. The zero-order valence-corrected chi connectivity index (χ0v) is 25.5. The summed E-state index contributed by atoms with van der Waals surface area (Å²) in [5.41, 5.74) is 3.25. The van der Waals surface area contributed by atoms with Crippen molar-refractivity contribution in [2.45, 2.75) is 32.8 Å². The Morgan fingerprint density at radius 2 is 0.956 bits per heavy atom. The summed E-state index contributed by atoms with van der Waals surface area (Å²) >= 11 is 0. The molecule has 0 aromatic heterocycles. The van der Waals surface area contributed by atoms with Crippen molar-refractivity contribution in [1.29, 1.82) is 0 Å². The second kappa shape index (κ2) is 15.2. The second-order valence-corrected chi connectivity index (χ2v) is 10.3. The SMILES string of the molecule is COc1ccc(COc2ccc(C=C3C(=O)OC(C)(C)OC3=O)cc2)cc1.COc1ccc(COc2ccc(C=O)cc2)cc1. The first-order chi connectivity index (χ1) is 21.7. The highest BCUT2D eigenvalue weighted by atomic mass is 16.7. The van der Waals surface area contributed by atoms with Crippen molar-refractivity contribution in [2.75, 3.05) is 14.2 Å². The Morgan fingerprint density at radius 1 is 0.578 bits per heavy atom. The van der Waals surface area contributed by atoms with Crippen LogP contribution in [0, 0.1) is 0 Å². The van der Waals surface area contributed by atoms with Gasteiger partial charge >= 0.3 is 11.9 Å². The van der Waals surface area contributed by atoms with Crippen molar-refractivity contribution in [1.82, 2.24) is 0 Å². The normalized spacial score (nSPS) is 13.3. The minimum absolute atomic E-state index is 0.138. The molecular formula is C36H34O9. The van der Waals surface area contributed by atoms with E-state index in [1.54, 1.807) is 62.8 Å². The van der Waals surface area contributed by atoms with Gasteiger partial charge in [-0.25, -0.2) is 9.59 Å². The standard InChI is InChI=1S/C21H20O6.C15H14O3/c1-21(2)26-19(22)18(20(23)27-21)12-14-4-10-17(11-5-14)25-13-15-6-8-16(24-3)9-7-15;1-17-14-6-4-13(5-7-14)11-18-15-8-2-12(10-16)3-9-15/h4-12H,13H2,1-3H3;2-10H,11H2,1H3. The second-order valence-electron chi connectivity index (χ2n) is 10.3. The number of carbonyl (C=O) groups is 3.